The third kappa shape index (κ3) is 5.34. The monoisotopic (exact) mass is 713 g/mol. The molecule has 0 radical (unpaired) electrons. The Kier molecular flexibility index (Phi) is 7.53. The maximum absolute atomic E-state index is 6.89. The van der Waals surface area contributed by atoms with Crippen molar-refractivity contribution in [2.45, 2.75) is 0 Å². The molecule has 11 rings (SSSR count). The first-order chi connectivity index (χ1) is 27.8. The van der Waals surface area contributed by atoms with Crippen LogP contribution < -0.4 is 4.90 Å². The number of rotatable bonds is 6. The van der Waals surface area contributed by atoms with Crippen LogP contribution in [0.2, 0.25) is 0 Å². The molecule has 0 saturated heterocycles. The van der Waals surface area contributed by atoms with E-state index in [9.17, 15) is 0 Å². The lowest BCUT2D eigenvalue weighted by Gasteiger charge is -2.28. The lowest BCUT2D eigenvalue weighted by molar-refractivity contribution is 0.672. The molecule has 0 N–H and O–H groups in total. The van der Waals surface area contributed by atoms with Gasteiger partial charge in [0.2, 0.25) is 0 Å². The summed E-state index contributed by atoms with van der Waals surface area (Å²) in [5, 5.41) is 9.29. The molecule has 0 atom stereocenters. The molecule has 10 aromatic carbocycles. The zero-order valence-electron chi connectivity index (χ0n) is 30.6. The van der Waals surface area contributed by atoms with Crippen LogP contribution in [0.25, 0.3) is 87.6 Å². The molecule has 2 heteroatoms. The van der Waals surface area contributed by atoms with Crippen molar-refractivity contribution in [2.75, 3.05) is 4.90 Å². The van der Waals surface area contributed by atoms with Crippen molar-refractivity contribution < 1.29 is 4.42 Å². The van der Waals surface area contributed by atoms with E-state index in [2.05, 4.69) is 217 Å². The largest absolute Gasteiger partial charge is 0.455 e. The zero-order chi connectivity index (χ0) is 37.0. The Morgan fingerprint density at radius 2 is 0.911 bits per heavy atom. The molecule has 0 spiro atoms. The summed E-state index contributed by atoms with van der Waals surface area (Å²) in [6, 6.07) is 76.4. The third-order valence-electron chi connectivity index (χ3n) is 11.2. The van der Waals surface area contributed by atoms with Crippen LogP contribution in [0.5, 0.6) is 0 Å². The molecule has 262 valence electrons. The van der Waals surface area contributed by atoms with Crippen LogP contribution in [0, 0.1) is 0 Å². The molecule has 0 bridgehead atoms. The van der Waals surface area contributed by atoms with Gasteiger partial charge in [0.25, 0.3) is 0 Å². The van der Waals surface area contributed by atoms with E-state index >= 15 is 0 Å². The van der Waals surface area contributed by atoms with Gasteiger partial charge in [-0.15, -0.1) is 0 Å². The van der Waals surface area contributed by atoms with Crippen LogP contribution in [0.15, 0.2) is 217 Å². The van der Waals surface area contributed by atoms with Gasteiger partial charge in [0.1, 0.15) is 11.2 Å². The van der Waals surface area contributed by atoms with Gasteiger partial charge in [-0.2, -0.15) is 0 Å². The van der Waals surface area contributed by atoms with Gasteiger partial charge in [-0.3, -0.25) is 0 Å². The fourth-order valence-corrected chi connectivity index (χ4v) is 8.53. The third-order valence-corrected chi connectivity index (χ3v) is 11.2. The summed E-state index contributed by atoms with van der Waals surface area (Å²) in [5.41, 5.74) is 12.1. The SMILES string of the molecule is c1ccc(-c2ccc(-c3cccc(N(c4cccc5ccccc45)c4cccc5oc6c7ccccc7c(-c7ccc8ccccc8c7)cc6c45)c3)cc2)cc1. The van der Waals surface area contributed by atoms with E-state index < -0.39 is 0 Å². The summed E-state index contributed by atoms with van der Waals surface area (Å²) in [5.74, 6) is 0. The van der Waals surface area contributed by atoms with Crippen molar-refractivity contribution in [3.8, 4) is 33.4 Å². The van der Waals surface area contributed by atoms with E-state index in [1.54, 1.807) is 0 Å². The molecule has 11 aromatic rings. The predicted octanol–water partition coefficient (Wildman–Crippen LogP) is 15.5. The van der Waals surface area contributed by atoms with Crippen LogP contribution in [0.1, 0.15) is 0 Å². The second-order valence-electron chi connectivity index (χ2n) is 14.5. The minimum absolute atomic E-state index is 0.858. The highest BCUT2D eigenvalue weighted by Crippen LogP contribution is 2.48. The molecule has 0 aliphatic carbocycles. The number of benzene rings is 10. The van der Waals surface area contributed by atoms with Gasteiger partial charge in [0.15, 0.2) is 0 Å². The minimum atomic E-state index is 0.858. The summed E-state index contributed by atoms with van der Waals surface area (Å²) in [6.45, 7) is 0. The molecule has 0 aliphatic heterocycles. The Morgan fingerprint density at radius 3 is 1.75 bits per heavy atom. The van der Waals surface area contributed by atoms with E-state index in [1.807, 2.05) is 0 Å². The first kappa shape index (κ1) is 32.0. The van der Waals surface area contributed by atoms with E-state index in [4.69, 9.17) is 4.42 Å². The summed E-state index contributed by atoms with van der Waals surface area (Å²) in [7, 11) is 0. The van der Waals surface area contributed by atoms with Gasteiger partial charge >= 0.3 is 0 Å². The second-order valence-corrected chi connectivity index (χ2v) is 14.5. The van der Waals surface area contributed by atoms with Crippen LogP contribution in [0.4, 0.5) is 17.1 Å². The van der Waals surface area contributed by atoms with Gasteiger partial charge in [-0.05, 0) is 97.4 Å². The molecule has 0 fully saturated rings. The summed E-state index contributed by atoms with van der Waals surface area (Å²) in [4.78, 5) is 2.42. The standard InChI is InChI=1S/C54H35NO/c1-2-13-36(14-3-1)38-27-29-39(30-28-38)42-19-10-20-44(34-42)55(50-24-11-18-40-16-6-7-21-45(40)50)51-25-12-26-52-53(51)49-35-48(46-22-8-9-23-47(46)54(49)56-52)43-32-31-37-15-4-5-17-41(37)33-43/h1-35H. The van der Waals surface area contributed by atoms with Crippen molar-refractivity contribution in [1.82, 2.24) is 0 Å². The van der Waals surface area contributed by atoms with Crippen molar-refractivity contribution in [2.24, 2.45) is 0 Å². The molecule has 1 heterocycles. The Hall–Kier alpha value is -7.42. The van der Waals surface area contributed by atoms with Crippen LogP contribution in [-0.2, 0) is 0 Å². The number of furan rings is 1. The Morgan fingerprint density at radius 1 is 0.321 bits per heavy atom. The number of hydrogen-bond donors (Lipinski definition) is 0. The highest BCUT2D eigenvalue weighted by atomic mass is 16.3. The lowest BCUT2D eigenvalue weighted by Crippen LogP contribution is -2.11. The average Bonchev–Trinajstić information content (AvgIpc) is 3.66. The van der Waals surface area contributed by atoms with Gasteiger partial charge in [0, 0.05) is 21.8 Å². The Labute approximate surface area is 325 Å². The Bertz CT molecular complexity index is 3240. The molecular formula is C54H35NO. The van der Waals surface area contributed by atoms with E-state index in [1.165, 1.54) is 54.7 Å². The summed E-state index contributed by atoms with van der Waals surface area (Å²) in [6.07, 6.45) is 0. The molecule has 0 unspecified atom stereocenters. The van der Waals surface area contributed by atoms with Crippen LogP contribution >= 0.6 is 0 Å². The first-order valence-electron chi connectivity index (χ1n) is 19.2. The maximum Gasteiger partial charge on any atom is 0.143 e. The van der Waals surface area contributed by atoms with E-state index in [0.29, 0.717) is 0 Å². The van der Waals surface area contributed by atoms with Gasteiger partial charge in [-0.25, -0.2) is 0 Å². The van der Waals surface area contributed by atoms with Gasteiger partial charge in [0.05, 0.1) is 16.8 Å². The van der Waals surface area contributed by atoms with Crippen molar-refractivity contribution >= 4 is 71.3 Å². The second kappa shape index (κ2) is 13.2. The van der Waals surface area contributed by atoms with Crippen molar-refractivity contribution in [3.63, 3.8) is 0 Å². The fourth-order valence-electron chi connectivity index (χ4n) is 8.53. The average molecular weight is 714 g/mol. The van der Waals surface area contributed by atoms with E-state index in [0.717, 1.165) is 50.0 Å². The highest BCUT2D eigenvalue weighted by molar-refractivity contribution is 6.23. The van der Waals surface area contributed by atoms with E-state index in [-0.39, 0.29) is 0 Å². The molecule has 0 aliphatic rings. The number of anilines is 3. The Balaban J connectivity index is 1.15. The number of hydrogen-bond acceptors (Lipinski definition) is 2. The van der Waals surface area contributed by atoms with Crippen molar-refractivity contribution in [1.29, 1.82) is 0 Å². The number of fused-ring (bicyclic) bond motifs is 7. The zero-order valence-corrected chi connectivity index (χ0v) is 30.6. The summed E-state index contributed by atoms with van der Waals surface area (Å²) < 4.78 is 6.89. The summed E-state index contributed by atoms with van der Waals surface area (Å²) >= 11 is 0. The minimum Gasteiger partial charge on any atom is -0.455 e. The van der Waals surface area contributed by atoms with Crippen molar-refractivity contribution in [3.05, 3.63) is 212 Å². The van der Waals surface area contributed by atoms with Crippen LogP contribution in [-0.4, -0.2) is 0 Å². The first-order valence-corrected chi connectivity index (χ1v) is 19.2. The fraction of sp³-hybridized carbons (Fsp3) is 0. The topological polar surface area (TPSA) is 16.4 Å². The molecule has 2 nitrogen and oxygen atoms in total. The smallest absolute Gasteiger partial charge is 0.143 e. The lowest BCUT2D eigenvalue weighted by atomic mass is 9.93. The normalized spacial score (nSPS) is 11.6. The molecule has 56 heavy (non-hydrogen) atoms. The predicted molar refractivity (Wildman–Crippen MR) is 237 cm³/mol. The maximum atomic E-state index is 6.89. The van der Waals surface area contributed by atoms with Crippen LogP contribution in [0.3, 0.4) is 0 Å². The van der Waals surface area contributed by atoms with Gasteiger partial charge < -0.3 is 9.32 Å². The molecule has 0 saturated carbocycles. The molecular weight excluding hydrogens is 679 g/mol. The molecule has 1 aromatic heterocycles. The quantitative estimate of drug-likeness (QED) is 0.171. The van der Waals surface area contributed by atoms with Gasteiger partial charge in [-0.1, -0.05) is 170 Å². The highest BCUT2D eigenvalue weighted by Gasteiger charge is 2.23. The molecule has 0 amide bonds. The number of nitrogens with zero attached hydrogens (tertiary/aromatic N) is 1.